The van der Waals surface area contributed by atoms with Gasteiger partial charge in [-0.25, -0.2) is 9.78 Å². The normalized spacial score (nSPS) is 15.3. The van der Waals surface area contributed by atoms with Crippen molar-refractivity contribution in [1.82, 2.24) is 9.97 Å². The molecule has 18 heavy (non-hydrogen) atoms. The van der Waals surface area contributed by atoms with Crippen molar-refractivity contribution in [2.45, 2.75) is 25.2 Å². The lowest BCUT2D eigenvalue weighted by Crippen LogP contribution is -2.12. The fourth-order valence-electron chi connectivity index (χ4n) is 2.06. The average molecular weight is 260 g/mol. The number of pyridine rings is 1. The standard InChI is InChI=1S/C13H12N2O2S/c16-13(17)11-10(8-2-1-3-8)15-12(18-11)9-4-6-14-7-5-9/h4-8H,1-3H2,(H,16,17). The van der Waals surface area contributed by atoms with Crippen molar-refractivity contribution in [1.29, 1.82) is 0 Å². The van der Waals surface area contributed by atoms with Crippen LogP contribution in [0.15, 0.2) is 24.5 Å². The molecule has 0 radical (unpaired) electrons. The number of nitrogens with zero attached hydrogens (tertiary/aromatic N) is 2. The van der Waals surface area contributed by atoms with Gasteiger partial charge >= 0.3 is 5.97 Å². The van der Waals surface area contributed by atoms with Crippen molar-refractivity contribution in [3.63, 3.8) is 0 Å². The Morgan fingerprint density at radius 3 is 2.61 bits per heavy atom. The van der Waals surface area contributed by atoms with E-state index in [1.807, 2.05) is 12.1 Å². The summed E-state index contributed by atoms with van der Waals surface area (Å²) in [5.74, 6) is -0.530. The number of hydrogen-bond donors (Lipinski definition) is 1. The molecule has 0 saturated heterocycles. The minimum Gasteiger partial charge on any atom is -0.477 e. The molecule has 3 rings (SSSR count). The summed E-state index contributed by atoms with van der Waals surface area (Å²) in [4.78, 5) is 20.2. The third kappa shape index (κ3) is 1.90. The number of rotatable bonds is 3. The molecule has 2 heterocycles. The molecular weight excluding hydrogens is 248 g/mol. The number of thiazole rings is 1. The maximum Gasteiger partial charge on any atom is 0.347 e. The maximum absolute atomic E-state index is 11.3. The van der Waals surface area contributed by atoms with E-state index in [-0.39, 0.29) is 0 Å². The molecule has 1 N–H and O–H groups in total. The van der Waals surface area contributed by atoms with E-state index < -0.39 is 5.97 Å². The summed E-state index contributed by atoms with van der Waals surface area (Å²) < 4.78 is 0. The highest BCUT2D eigenvalue weighted by Gasteiger charge is 2.28. The van der Waals surface area contributed by atoms with Gasteiger partial charge in [0.05, 0.1) is 5.69 Å². The number of carboxylic acids is 1. The smallest absolute Gasteiger partial charge is 0.347 e. The summed E-state index contributed by atoms with van der Waals surface area (Å²) in [5, 5.41) is 10.0. The highest BCUT2D eigenvalue weighted by Crippen LogP contribution is 2.41. The molecule has 5 heteroatoms. The van der Waals surface area contributed by atoms with Crippen molar-refractivity contribution in [3.05, 3.63) is 35.1 Å². The van der Waals surface area contributed by atoms with Crippen molar-refractivity contribution in [2.75, 3.05) is 0 Å². The van der Waals surface area contributed by atoms with Crippen molar-refractivity contribution in [2.24, 2.45) is 0 Å². The number of aromatic carboxylic acids is 1. The molecule has 1 fully saturated rings. The second-order valence-corrected chi connectivity index (χ2v) is 5.40. The first-order chi connectivity index (χ1) is 8.75. The average Bonchev–Trinajstić information content (AvgIpc) is 2.73. The number of hydrogen-bond acceptors (Lipinski definition) is 4. The third-order valence-corrected chi connectivity index (χ3v) is 4.37. The van der Waals surface area contributed by atoms with Gasteiger partial charge in [0, 0.05) is 23.9 Å². The summed E-state index contributed by atoms with van der Waals surface area (Å²) in [6.07, 6.45) is 6.67. The molecule has 0 aliphatic heterocycles. The Morgan fingerprint density at radius 1 is 1.33 bits per heavy atom. The zero-order valence-electron chi connectivity index (χ0n) is 9.67. The molecule has 2 aromatic heterocycles. The summed E-state index contributed by atoms with van der Waals surface area (Å²) in [6, 6.07) is 3.71. The maximum atomic E-state index is 11.3. The van der Waals surface area contributed by atoms with Gasteiger partial charge in [-0.1, -0.05) is 6.42 Å². The van der Waals surface area contributed by atoms with Crippen molar-refractivity contribution in [3.8, 4) is 10.6 Å². The van der Waals surface area contributed by atoms with Gasteiger partial charge in [-0.3, -0.25) is 4.98 Å². The predicted molar refractivity (Wildman–Crippen MR) is 68.9 cm³/mol. The quantitative estimate of drug-likeness (QED) is 0.920. The van der Waals surface area contributed by atoms with E-state index in [0.29, 0.717) is 10.8 Å². The minimum atomic E-state index is -0.866. The van der Waals surface area contributed by atoms with Crippen LogP contribution < -0.4 is 0 Å². The second kappa shape index (κ2) is 4.49. The summed E-state index contributed by atoms with van der Waals surface area (Å²) >= 11 is 1.26. The minimum absolute atomic E-state index is 0.336. The van der Waals surface area contributed by atoms with Crippen LogP contribution in [0.5, 0.6) is 0 Å². The first-order valence-electron chi connectivity index (χ1n) is 5.90. The van der Waals surface area contributed by atoms with Gasteiger partial charge in [0.15, 0.2) is 0 Å². The van der Waals surface area contributed by atoms with Gasteiger partial charge in [0.1, 0.15) is 9.88 Å². The van der Waals surface area contributed by atoms with Gasteiger partial charge in [-0.15, -0.1) is 11.3 Å². The molecule has 0 bridgehead atoms. The van der Waals surface area contributed by atoms with Crippen LogP contribution in [0.1, 0.15) is 40.5 Å². The van der Waals surface area contributed by atoms with Crippen LogP contribution >= 0.6 is 11.3 Å². The number of carbonyl (C=O) groups is 1. The molecule has 1 aliphatic carbocycles. The van der Waals surface area contributed by atoms with Gasteiger partial charge in [-0.05, 0) is 25.0 Å². The Labute approximate surface area is 108 Å². The van der Waals surface area contributed by atoms with E-state index in [4.69, 9.17) is 0 Å². The SMILES string of the molecule is O=C(O)c1sc(-c2ccncc2)nc1C1CCC1. The van der Waals surface area contributed by atoms with Crippen LogP contribution in [-0.4, -0.2) is 21.0 Å². The Morgan fingerprint density at radius 2 is 2.06 bits per heavy atom. The monoisotopic (exact) mass is 260 g/mol. The van der Waals surface area contributed by atoms with Crippen LogP contribution in [0.4, 0.5) is 0 Å². The highest BCUT2D eigenvalue weighted by atomic mass is 32.1. The topological polar surface area (TPSA) is 63.1 Å². The van der Waals surface area contributed by atoms with E-state index in [1.54, 1.807) is 12.4 Å². The Bertz CT molecular complexity index is 576. The molecule has 0 amide bonds. The lowest BCUT2D eigenvalue weighted by atomic mass is 9.82. The number of aromatic nitrogens is 2. The zero-order chi connectivity index (χ0) is 12.5. The van der Waals surface area contributed by atoms with Crippen molar-refractivity contribution < 1.29 is 9.90 Å². The van der Waals surface area contributed by atoms with Crippen LogP contribution in [0.25, 0.3) is 10.6 Å². The van der Waals surface area contributed by atoms with Gasteiger partial charge < -0.3 is 5.11 Å². The zero-order valence-corrected chi connectivity index (χ0v) is 10.5. The molecule has 1 aliphatic rings. The molecule has 0 atom stereocenters. The first-order valence-corrected chi connectivity index (χ1v) is 6.72. The van der Waals surface area contributed by atoms with Gasteiger partial charge in [-0.2, -0.15) is 0 Å². The first kappa shape index (κ1) is 11.3. The Hall–Kier alpha value is -1.75. The molecule has 2 aromatic rings. The van der Waals surface area contributed by atoms with E-state index in [9.17, 15) is 9.90 Å². The fourth-order valence-corrected chi connectivity index (χ4v) is 3.06. The molecule has 92 valence electrons. The summed E-state index contributed by atoms with van der Waals surface area (Å²) in [6.45, 7) is 0. The Balaban J connectivity index is 2.04. The molecule has 1 saturated carbocycles. The predicted octanol–water partition coefficient (Wildman–Crippen LogP) is 3.17. The lowest BCUT2D eigenvalue weighted by molar-refractivity contribution is 0.0699. The van der Waals surface area contributed by atoms with E-state index in [2.05, 4.69) is 9.97 Å². The molecule has 0 spiro atoms. The van der Waals surface area contributed by atoms with Crippen molar-refractivity contribution >= 4 is 17.3 Å². The summed E-state index contributed by atoms with van der Waals surface area (Å²) in [7, 11) is 0. The van der Waals surface area contributed by atoms with Crippen LogP contribution in [-0.2, 0) is 0 Å². The van der Waals surface area contributed by atoms with Crippen LogP contribution in [0.3, 0.4) is 0 Å². The molecule has 0 unspecified atom stereocenters. The van der Waals surface area contributed by atoms with E-state index >= 15 is 0 Å². The number of carboxylic acid groups (broad SMARTS) is 1. The lowest BCUT2D eigenvalue weighted by Gasteiger charge is -2.23. The fraction of sp³-hybridized carbons (Fsp3) is 0.308. The Kier molecular flexibility index (Phi) is 2.83. The van der Waals surface area contributed by atoms with Crippen LogP contribution in [0.2, 0.25) is 0 Å². The molecule has 0 aromatic carbocycles. The van der Waals surface area contributed by atoms with Gasteiger partial charge in [0.25, 0.3) is 0 Å². The molecular formula is C13H12N2O2S. The largest absolute Gasteiger partial charge is 0.477 e. The highest BCUT2D eigenvalue weighted by molar-refractivity contribution is 7.17. The van der Waals surface area contributed by atoms with Crippen LogP contribution in [0, 0.1) is 0 Å². The van der Waals surface area contributed by atoms with Gasteiger partial charge in [0.2, 0.25) is 0 Å². The van der Waals surface area contributed by atoms with E-state index in [0.717, 1.165) is 29.1 Å². The van der Waals surface area contributed by atoms with E-state index in [1.165, 1.54) is 17.8 Å². The second-order valence-electron chi connectivity index (χ2n) is 4.40. The summed E-state index contributed by atoms with van der Waals surface area (Å²) in [5.41, 5.74) is 1.70. The third-order valence-electron chi connectivity index (χ3n) is 3.27. The molecule has 4 nitrogen and oxygen atoms in total.